The summed E-state index contributed by atoms with van der Waals surface area (Å²) in [6, 6.07) is 24.3. The van der Waals surface area contributed by atoms with Crippen LogP contribution < -0.4 is 5.32 Å². The Labute approximate surface area is 165 Å². The summed E-state index contributed by atoms with van der Waals surface area (Å²) in [5, 5.41) is 8.83. The maximum Gasteiger partial charge on any atom is 0.260 e. The molecule has 2 heterocycles. The van der Waals surface area contributed by atoms with Crippen LogP contribution in [0.3, 0.4) is 0 Å². The summed E-state index contributed by atoms with van der Waals surface area (Å²) in [4.78, 5) is 17.4. The number of amides is 1. The number of rotatable bonds is 4. The molecule has 2 aromatic heterocycles. The van der Waals surface area contributed by atoms with Crippen molar-refractivity contribution < 1.29 is 13.7 Å². The number of aromatic nitrogens is 2. The van der Waals surface area contributed by atoms with E-state index in [1.54, 1.807) is 24.5 Å². The van der Waals surface area contributed by atoms with E-state index in [-0.39, 0.29) is 5.91 Å². The third kappa shape index (κ3) is 3.17. The fourth-order valence-corrected chi connectivity index (χ4v) is 3.23. The fourth-order valence-electron chi connectivity index (χ4n) is 3.23. The molecular formula is C23H15N3O3. The third-order valence-electron chi connectivity index (χ3n) is 4.61. The van der Waals surface area contributed by atoms with E-state index in [9.17, 15) is 4.79 Å². The number of nitrogens with zero attached hydrogens (tertiary/aromatic N) is 2. The van der Waals surface area contributed by atoms with Crippen molar-refractivity contribution in [2.45, 2.75) is 0 Å². The highest BCUT2D eigenvalue weighted by Gasteiger charge is 2.17. The van der Waals surface area contributed by atoms with E-state index < -0.39 is 0 Å². The molecule has 0 saturated carbocycles. The molecule has 5 rings (SSSR count). The highest BCUT2D eigenvalue weighted by atomic mass is 16.5. The summed E-state index contributed by atoms with van der Waals surface area (Å²) < 4.78 is 10.7. The van der Waals surface area contributed by atoms with E-state index in [0.717, 1.165) is 10.8 Å². The number of carbonyl (C=O) groups is 1. The molecule has 5 aromatic rings. The van der Waals surface area contributed by atoms with Crippen LogP contribution in [0.5, 0.6) is 0 Å². The number of fused-ring (bicyclic) bond motifs is 1. The van der Waals surface area contributed by atoms with Crippen molar-refractivity contribution in [2.75, 3.05) is 5.32 Å². The van der Waals surface area contributed by atoms with E-state index in [2.05, 4.69) is 15.5 Å². The summed E-state index contributed by atoms with van der Waals surface area (Å²) >= 11 is 0. The maximum atomic E-state index is 13.0. The number of para-hydroxylation sites is 1. The van der Waals surface area contributed by atoms with Crippen molar-refractivity contribution in [1.29, 1.82) is 0 Å². The largest absolute Gasteiger partial charge is 0.461 e. The molecule has 0 bridgehead atoms. The van der Waals surface area contributed by atoms with Crippen molar-refractivity contribution in [3.63, 3.8) is 0 Å². The van der Waals surface area contributed by atoms with E-state index in [0.29, 0.717) is 34.3 Å². The van der Waals surface area contributed by atoms with E-state index in [4.69, 9.17) is 8.94 Å². The van der Waals surface area contributed by atoms with E-state index in [1.165, 1.54) is 0 Å². The summed E-state index contributed by atoms with van der Waals surface area (Å²) in [6.45, 7) is 0. The van der Waals surface area contributed by atoms with E-state index in [1.807, 2.05) is 60.7 Å². The van der Waals surface area contributed by atoms with Crippen molar-refractivity contribution in [3.8, 4) is 23.0 Å². The van der Waals surface area contributed by atoms with Gasteiger partial charge in [-0.05, 0) is 41.1 Å². The second-order valence-corrected chi connectivity index (χ2v) is 6.43. The van der Waals surface area contributed by atoms with Crippen LogP contribution in [-0.4, -0.2) is 16.0 Å². The Kier molecular flexibility index (Phi) is 4.14. The summed E-state index contributed by atoms with van der Waals surface area (Å²) in [5.74, 6) is 0.947. The quantitative estimate of drug-likeness (QED) is 0.451. The van der Waals surface area contributed by atoms with Gasteiger partial charge in [0.1, 0.15) is 0 Å². The minimum atomic E-state index is -0.208. The molecule has 1 amide bonds. The Morgan fingerprint density at radius 3 is 2.59 bits per heavy atom. The summed E-state index contributed by atoms with van der Waals surface area (Å²) in [6.07, 6.45) is 1.55. The molecule has 0 aliphatic rings. The molecule has 0 fully saturated rings. The number of hydrogen-bond acceptors (Lipinski definition) is 5. The lowest BCUT2D eigenvalue weighted by Gasteiger charge is -2.10. The molecule has 140 valence electrons. The maximum absolute atomic E-state index is 13.0. The van der Waals surface area contributed by atoms with Gasteiger partial charge in [-0.15, -0.1) is 0 Å². The number of carbonyl (C=O) groups excluding carboxylic acids is 1. The first kappa shape index (κ1) is 16.9. The molecule has 0 saturated heterocycles. The predicted octanol–water partition coefficient (Wildman–Crippen LogP) is 5.40. The Hall–Kier alpha value is -4.19. The first-order valence-corrected chi connectivity index (χ1v) is 9.06. The second kappa shape index (κ2) is 7.09. The Bertz CT molecular complexity index is 1300. The number of furan rings is 1. The molecule has 0 aliphatic carbocycles. The van der Waals surface area contributed by atoms with Gasteiger partial charge in [0.05, 0.1) is 17.5 Å². The zero-order chi connectivity index (χ0) is 19.6. The highest BCUT2D eigenvalue weighted by molar-refractivity contribution is 6.13. The predicted molar refractivity (Wildman–Crippen MR) is 109 cm³/mol. The summed E-state index contributed by atoms with van der Waals surface area (Å²) in [7, 11) is 0. The molecule has 0 atom stereocenters. The second-order valence-electron chi connectivity index (χ2n) is 6.43. The van der Waals surface area contributed by atoms with Crippen molar-refractivity contribution >= 4 is 22.4 Å². The summed E-state index contributed by atoms with van der Waals surface area (Å²) in [5.41, 5.74) is 1.81. The van der Waals surface area contributed by atoms with Crippen LogP contribution in [0.15, 0.2) is 94.1 Å². The lowest BCUT2D eigenvalue weighted by Crippen LogP contribution is -2.13. The molecule has 0 aliphatic heterocycles. The molecule has 0 radical (unpaired) electrons. The number of anilines is 1. The van der Waals surface area contributed by atoms with Gasteiger partial charge in [-0.1, -0.05) is 53.7 Å². The minimum Gasteiger partial charge on any atom is -0.461 e. The first-order chi connectivity index (χ1) is 14.3. The SMILES string of the molecule is O=C(Nc1ccccc1-c1nc(-c2ccco2)no1)c1cccc2ccccc12. The van der Waals surface area contributed by atoms with Gasteiger partial charge in [0.2, 0.25) is 5.82 Å². The van der Waals surface area contributed by atoms with Crippen LogP contribution in [-0.2, 0) is 0 Å². The molecule has 0 spiro atoms. The van der Waals surface area contributed by atoms with Gasteiger partial charge in [-0.2, -0.15) is 4.98 Å². The van der Waals surface area contributed by atoms with Gasteiger partial charge < -0.3 is 14.3 Å². The van der Waals surface area contributed by atoms with Crippen LogP contribution in [0, 0.1) is 0 Å². The molecule has 29 heavy (non-hydrogen) atoms. The number of hydrogen-bond donors (Lipinski definition) is 1. The van der Waals surface area contributed by atoms with Crippen LogP contribution in [0.4, 0.5) is 5.69 Å². The monoisotopic (exact) mass is 381 g/mol. The van der Waals surface area contributed by atoms with Gasteiger partial charge in [0.15, 0.2) is 5.76 Å². The Morgan fingerprint density at radius 2 is 1.69 bits per heavy atom. The molecule has 6 nitrogen and oxygen atoms in total. The normalized spacial score (nSPS) is 10.9. The van der Waals surface area contributed by atoms with Crippen LogP contribution in [0.2, 0.25) is 0 Å². The van der Waals surface area contributed by atoms with Crippen LogP contribution in [0.1, 0.15) is 10.4 Å². The van der Waals surface area contributed by atoms with Gasteiger partial charge in [0.25, 0.3) is 11.8 Å². The fraction of sp³-hybridized carbons (Fsp3) is 0. The minimum absolute atomic E-state index is 0.208. The zero-order valence-electron chi connectivity index (χ0n) is 15.2. The molecule has 6 heteroatoms. The number of benzene rings is 3. The zero-order valence-corrected chi connectivity index (χ0v) is 15.2. The van der Waals surface area contributed by atoms with Crippen molar-refractivity contribution in [3.05, 3.63) is 90.7 Å². The average molecular weight is 381 g/mol. The van der Waals surface area contributed by atoms with Gasteiger partial charge in [-0.25, -0.2) is 0 Å². The van der Waals surface area contributed by atoms with E-state index >= 15 is 0 Å². The molecule has 0 unspecified atom stereocenters. The van der Waals surface area contributed by atoms with Crippen LogP contribution in [0.25, 0.3) is 33.8 Å². The van der Waals surface area contributed by atoms with Crippen molar-refractivity contribution in [1.82, 2.24) is 10.1 Å². The Balaban J connectivity index is 1.49. The van der Waals surface area contributed by atoms with Crippen LogP contribution >= 0.6 is 0 Å². The molecule has 1 N–H and O–H groups in total. The molecule has 3 aromatic carbocycles. The highest BCUT2D eigenvalue weighted by Crippen LogP contribution is 2.29. The lowest BCUT2D eigenvalue weighted by atomic mass is 10.0. The molecular weight excluding hydrogens is 366 g/mol. The van der Waals surface area contributed by atoms with Gasteiger partial charge >= 0.3 is 0 Å². The lowest BCUT2D eigenvalue weighted by molar-refractivity contribution is 0.102. The average Bonchev–Trinajstić information content (AvgIpc) is 3.45. The third-order valence-corrected chi connectivity index (χ3v) is 4.61. The van der Waals surface area contributed by atoms with Gasteiger partial charge in [-0.3, -0.25) is 4.79 Å². The smallest absolute Gasteiger partial charge is 0.260 e. The van der Waals surface area contributed by atoms with Gasteiger partial charge in [0, 0.05) is 5.56 Å². The van der Waals surface area contributed by atoms with Crippen molar-refractivity contribution in [2.24, 2.45) is 0 Å². The number of nitrogens with one attached hydrogen (secondary N) is 1. The first-order valence-electron chi connectivity index (χ1n) is 9.06. The Morgan fingerprint density at radius 1 is 0.862 bits per heavy atom. The topological polar surface area (TPSA) is 81.2 Å². The standard InChI is InChI=1S/C23H15N3O3/c27-22(17-11-5-8-15-7-1-2-9-16(15)17)24-19-12-4-3-10-18(19)23-25-21(26-29-23)20-13-6-14-28-20/h1-14H,(H,24,27).